The lowest BCUT2D eigenvalue weighted by atomic mass is 10.1. The Hall–Kier alpha value is -3.29. The minimum atomic E-state index is -0.00367. The van der Waals surface area contributed by atoms with E-state index in [1.807, 2.05) is 6.08 Å². The molecule has 0 bridgehead atoms. The van der Waals surface area contributed by atoms with Gasteiger partial charge in [0, 0.05) is 50.9 Å². The Morgan fingerprint density at radius 1 is 0.970 bits per heavy atom. The summed E-state index contributed by atoms with van der Waals surface area (Å²) in [5.74, 6) is 0.743. The predicted octanol–water partition coefficient (Wildman–Crippen LogP) is 2.67. The molecule has 1 aliphatic heterocycles. The van der Waals surface area contributed by atoms with E-state index >= 15 is 0 Å². The summed E-state index contributed by atoms with van der Waals surface area (Å²) in [6, 6.07) is 14.3. The molecule has 0 radical (unpaired) electrons. The molecule has 1 fully saturated rings. The molecule has 3 aromatic rings. The highest BCUT2D eigenvalue weighted by Crippen LogP contribution is 2.37. The van der Waals surface area contributed by atoms with Crippen LogP contribution in [0.25, 0.3) is 23.1 Å². The van der Waals surface area contributed by atoms with Gasteiger partial charge in [0.05, 0.1) is 31.9 Å². The van der Waals surface area contributed by atoms with E-state index in [4.69, 9.17) is 9.47 Å². The Bertz CT molecular complexity index is 1130. The highest BCUT2D eigenvalue weighted by atomic mass is 16.5. The smallest absolute Gasteiger partial charge is 0.214 e. The Balaban J connectivity index is 1.71. The maximum atomic E-state index is 10.2. The van der Waals surface area contributed by atoms with E-state index in [1.165, 1.54) is 25.3 Å². The first-order valence-electron chi connectivity index (χ1n) is 11.2. The molecule has 2 N–H and O–H groups in total. The number of anilines is 1. The first-order valence-corrected chi connectivity index (χ1v) is 11.2. The van der Waals surface area contributed by atoms with Crippen molar-refractivity contribution < 1.29 is 24.3 Å². The van der Waals surface area contributed by atoms with Gasteiger partial charge in [-0.1, -0.05) is 12.1 Å². The van der Waals surface area contributed by atoms with E-state index in [0.717, 1.165) is 49.5 Å². The van der Waals surface area contributed by atoms with Gasteiger partial charge in [0.15, 0.2) is 11.5 Å². The molecule has 0 unspecified atom stereocenters. The number of phenols is 1. The van der Waals surface area contributed by atoms with E-state index in [2.05, 4.69) is 57.8 Å². The highest BCUT2D eigenvalue weighted by Gasteiger charge is 2.22. The number of ether oxygens (including phenoxy) is 2. The number of aromatic hydroxyl groups is 1. The molecule has 1 aromatic heterocycles. The van der Waals surface area contributed by atoms with Gasteiger partial charge in [-0.15, -0.1) is 0 Å². The van der Waals surface area contributed by atoms with E-state index in [0.29, 0.717) is 11.5 Å². The van der Waals surface area contributed by atoms with Crippen molar-refractivity contribution in [3.63, 3.8) is 0 Å². The van der Waals surface area contributed by atoms with E-state index < -0.39 is 0 Å². The SMILES string of the molecule is COc1cc(C=Cc2cc(N3CCN(CCO)CC3)c3ccccc3[n+]2C)cc(OC)c1O. The Morgan fingerprint density at radius 3 is 2.27 bits per heavy atom. The number of aryl methyl sites for hydroxylation is 1. The van der Waals surface area contributed by atoms with E-state index in [-0.39, 0.29) is 12.4 Å². The fourth-order valence-electron chi connectivity index (χ4n) is 4.40. The molecular formula is C26H32N3O4+. The van der Waals surface area contributed by atoms with E-state index in [9.17, 15) is 10.2 Å². The molecule has 0 saturated carbocycles. The van der Waals surface area contributed by atoms with Crippen molar-refractivity contribution in [3.8, 4) is 17.2 Å². The van der Waals surface area contributed by atoms with Gasteiger partial charge in [-0.2, -0.15) is 4.57 Å². The zero-order chi connectivity index (χ0) is 23.4. The molecule has 33 heavy (non-hydrogen) atoms. The average Bonchev–Trinajstić information content (AvgIpc) is 2.85. The summed E-state index contributed by atoms with van der Waals surface area (Å²) >= 11 is 0. The maximum Gasteiger partial charge on any atom is 0.214 e. The number of hydrogen-bond acceptors (Lipinski definition) is 6. The lowest BCUT2D eigenvalue weighted by Gasteiger charge is -2.36. The monoisotopic (exact) mass is 450 g/mol. The fraction of sp³-hybridized carbons (Fsp3) is 0.346. The third kappa shape index (κ3) is 4.74. The fourth-order valence-corrected chi connectivity index (χ4v) is 4.40. The van der Waals surface area contributed by atoms with Gasteiger partial charge < -0.3 is 24.6 Å². The van der Waals surface area contributed by atoms with Crippen molar-refractivity contribution >= 4 is 28.7 Å². The topological polar surface area (TPSA) is 69.3 Å². The zero-order valence-electron chi connectivity index (χ0n) is 19.5. The van der Waals surface area contributed by atoms with Crippen molar-refractivity contribution in [2.75, 3.05) is 58.5 Å². The molecule has 7 nitrogen and oxygen atoms in total. The third-order valence-corrected chi connectivity index (χ3v) is 6.29. The molecule has 4 rings (SSSR count). The quantitative estimate of drug-likeness (QED) is 0.540. The molecule has 7 heteroatoms. The van der Waals surface area contributed by atoms with Gasteiger partial charge in [0.1, 0.15) is 7.05 Å². The number of benzene rings is 2. The molecule has 1 saturated heterocycles. The van der Waals surface area contributed by atoms with Gasteiger partial charge in [0.2, 0.25) is 17.0 Å². The van der Waals surface area contributed by atoms with Crippen molar-refractivity contribution in [2.45, 2.75) is 0 Å². The van der Waals surface area contributed by atoms with Crippen LogP contribution < -0.4 is 18.9 Å². The van der Waals surface area contributed by atoms with Crippen LogP contribution in [0.4, 0.5) is 5.69 Å². The number of piperazine rings is 1. The standard InChI is InChI=1S/C26H31N3O4/c1-27-20(9-8-19-16-24(32-2)26(31)25(17-19)33-3)18-23(21-6-4-5-7-22(21)27)29-12-10-28(11-13-29)14-15-30/h4-9,16-18,30H,10-15H2,1-3H3/p+1. The van der Waals surface area contributed by atoms with Crippen LogP contribution in [-0.2, 0) is 7.05 Å². The van der Waals surface area contributed by atoms with Crippen LogP contribution in [0, 0.1) is 0 Å². The summed E-state index contributed by atoms with van der Waals surface area (Å²) in [6.07, 6.45) is 4.07. The van der Waals surface area contributed by atoms with Gasteiger partial charge >= 0.3 is 0 Å². The molecule has 2 aromatic carbocycles. The number of β-amino-alcohol motifs (C(OH)–C–C–N with tert-alkyl or cyclic N) is 1. The van der Waals surface area contributed by atoms with Gasteiger partial charge in [0.25, 0.3) is 0 Å². The van der Waals surface area contributed by atoms with Crippen LogP contribution in [0.5, 0.6) is 17.2 Å². The highest BCUT2D eigenvalue weighted by molar-refractivity contribution is 5.91. The summed E-state index contributed by atoms with van der Waals surface area (Å²) in [5.41, 5.74) is 4.31. The lowest BCUT2D eigenvalue weighted by molar-refractivity contribution is -0.646. The Morgan fingerprint density at radius 2 is 1.64 bits per heavy atom. The molecule has 0 aliphatic carbocycles. The number of fused-ring (bicyclic) bond motifs is 1. The van der Waals surface area contributed by atoms with Gasteiger partial charge in [-0.05, 0) is 29.8 Å². The van der Waals surface area contributed by atoms with Crippen LogP contribution in [0.3, 0.4) is 0 Å². The number of aliphatic hydroxyl groups is 1. The van der Waals surface area contributed by atoms with Crippen molar-refractivity contribution in [2.24, 2.45) is 7.05 Å². The van der Waals surface area contributed by atoms with Crippen LogP contribution in [-0.4, -0.2) is 68.7 Å². The molecule has 1 aliphatic rings. The van der Waals surface area contributed by atoms with Gasteiger partial charge in [-0.3, -0.25) is 4.90 Å². The average molecular weight is 451 g/mol. The van der Waals surface area contributed by atoms with E-state index in [1.54, 1.807) is 12.1 Å². The first-order chi connectivity index (χ1) is 16.0. The van der Waals surface area contributed by atoms with Crippen LogP contribution in [0.1, 0.15) is 11.3 Å². The summed E-state index contributed by atoms with van der Waals surface area (Å²) in [6.45, 7) is 4.65. The summed E-state index contributed by atoms with van der Waals surface area (Å²) in [7, 11) is 5.12. The Labute approximate surface area is 194 Å². The maximum absolute atomic E-state index is 10.2. The first kappa shape index (κ1) is 22.9. The number of rotatable bonds is 7. The second-order valence-electron chi connectivity index (χ2n) is 8.19. The number of para-hydroxylation sites is 1. The number of aromatic nitrogens is 1. The minimum absolute atomic E-state index is 0.00367. The van der Waals surface area contributed by atoms with Gasteiger partial charge in [-0.25, -0.2) is 0 Å². The van der Waals surface area contributed by atoms with Crippen LogP contribution >= 0.6 is 0 Å². The second-order valence-corrected chi connectivity index (χ2v) is 8.19. The summed E-state index contributed by atoms with van der Waals surface area (Å²) in [5, 5.41) is 20.7. The summed E-state index contributed by atoms with van der Waals surface area (Å²) in [4.78, 5) is 4.73. The van der Waals surface area contributed by atoms with Crippen LogP contribution in [0.15, 0.2) is 42.5 Å². The summed E-state index contributed by atoms with van der Waals surface area (Å²) < 4.78 is 12.8. The second kappa shape index (κ2) is 10.1. The number of hydrogen-bond donors (Lipinski definition) is 2. The largest absolute Gasteiger partial charge is 0.502 e. The molecule has 174 valence electrons. The predicted molar refractivity (Wildman–Crippen MR) is 131 cm³/mol. The number of methoxy groups -OCH3 is 2. The minimum Gasteiger partial charge on any atom is -0.502 e. The number of phenolic OH excluding ortho intramolecular Hbond substituents is 1. The van der Waals surface area contributed by atoms with Crippen molar-refractivity contribution in [1.29, 1.82) is 0 Å². The zero-order valence-corrected chi connectivity index (χ0v) is 19.5. The van der Waals surface area contributed by atoms with Crippen molar-refractivity contribution in [1.82, 2.24) is 4.90 Å². The molecule has 2 heterocycles. The molecule has 0 amide bonds. The molecular weight excluding hydrogens is 418 g/mol. The number of nitrogens with zero attached hydrogens (tertiary/aromatic N) is 3. The molecule has 0 atom stereocenters. The van der Waals surface area contributed by atoms with Crippen molar-refractivity contribution in [3.05, 3.63) is 53.7 Å². The van der Waals surface area contributed by atoms with Crippen LogP contribution in [0.2, 0.25) is 0 Å². The Kier molecular flexibility index (Phi) is 7.01. The third-order valence-electron chi connectivity index (χ3n) is 6.29. The molecule has 0 spiro atoms. The normalized spacial score (nSPS) is 14.8. The number of pyridine rings is 1. The number of aliphatic hydroxyl groups excluding tert-OH is 1. The lowest BCUT2D eigenvalue weighted by Crippen LogP contribution is -2.47.